The van der Waals surface area contributed by atoms with Crippen LogP contribution in [0.1, 0.15) is 43.7 Å². The number of phenols is 1. The summed E-state index contributed by atoms with van der Waals surface area (Å²) >= 11 is 0. The zero-order valence-electron chi connectivity index (χ0n) is 13.5. The first kappa shape index (κ1) is 14.3. The standard InChI is InChI=1S/C20H22N2O/c1-14-7-9-15(10-8-14)20-21-18-12-11-17(23)13-19(18)22(20)16-5-3-2-4-6-16/h7-13,16,23H,2-6H2,1H3. The number of aromatic nitrogens is 2. The number of hydrogen-bond acceptors (Lipinski definition) is 2. The summed E-state index contributed by atoms with van der Waals surface area (Å²) in [6, 6.07) is 14.5. The van der Waals surface area contributed by atoms with Crippen LogP contribution in [0.3, 0.4) is 0 Å². The van der Waals surface area contributed by atoms with Crippen molar-refractivity contribution in [3.8, 4) is 17.1 Å². The molecule has 118 valence electrons. The molecule has 0 bridgehead atoms. The minimum atomic E-state index is 0.310. The van der Waals surface area contributed by atoms with Crippen molar-refractivity contribution in [1.29, 1.82) is 0 Å². The third-order valence-corrected chi connectivity index (χ3v) is 4.92. The van der Waals surface area contributed by atoms with E-state index in [2.05, 4.69) is 35.8 Å². The van der Waals surface area contributed by atoms with Gasteiger partial charge < -0.3 is 9.67 Å². The fraction of sp³-hybridized carbons (Fsp3) is 0.350. The molecule has 0 unspecified atom stereocenters. The van der Waals surface area contributed by atoms with Gasteiger partial charge in [-0.05, 0) is 31.9 Å². The summed E-state index contributed by atoms with van der Waals surface area (Å²) in [5.41, 5.74) is 4.42. The summed E-state index contributed by atoms with van der Waals surface area (Å²) in [7, 11) is 0. The van der Waals surface area contributed by atoms with E-state index in [4.69, 9.17) is 4.98 Å². The lowest BCUT2D eigenvalue weighted by atomic mass is 9.95. The van der Waals surface area contributed by atoms with Crippen molar-refractivity contribution in [1.82, 2.24) is 9.55 Å². The third-order valence-electron chi connectivity index (χ3n) is 4.92. The molecule has 1 aliphatic rings. The smallest absolute Gasteiger partial charge is 0.141 e. The first-order valence-electron chi connectivity index (χ1n) is 8.50. The van der Waals surface area contributed by atoms with Crippen molar-refractivity contribution in [3.63, 3.8) is 0 Å². The van der Waals surface area contributed by atoms with Gasteiger partial charge in [0.25, 0.3) is 0 Å². The molecular formula is C20H22N2O. The number of imidazole rings is 1. The molecule has 0 amide bonds. The minimum Gasteiger partial charge on any atom is -0.508 e. The highest BCUT2D eigenvalue weighted by atomic mass is 16.3. The molecule has 23 heavy (non-hydrogen) atoms. The zero-order chi connectivity index (χ0) is 15.8. The summed E-state index contributed by atoms with van der Waals surface area (Å²) in [5, 5.41) is 9.93. The molecule has 0 saturated heterocycles. The average molecular weight is 306 g/mol. The van der Waals surface area contributed by atoms with E-state index in [9.17, 15) is 5.11 Å². The monoisotopic (exact) mass is 306 g/mol. The summed E-state index contributed by atoms with van der Waals surface area (Å²) in [4.78, 5) is 4.88. The van der Waals surface area contributed by atoms with E-state index in [0.29, 0.717) is 11.8 Å². The van der Waals surface area contributed by atoms with Crippen molar-refractivity contribution >= 4 is 11.0 Å². The maximum atomic E-state index is 9.93. The summed E-state index contributed by atoms with van der Waals surface area (Å²) in [6.07, 6.45) is 6.27. The van der Waals surface area contributed by atoms with Crippen LogP contribution in [0.2, 0.25) is 0 Å². The summed E-state index contributed by atoms with van der Waals surface area (Å²) in [5.74, 6) is 1.34. The normalized spacial score (nSPS) is 16.0. The van der Waals surface area contributed by atoms with Gasteiger partial charge in [0.1, 0.15) is 11.6 Å². The Morgan fingerprint density at radius 2 is 1.74 bits per heavy atom. The number of hydrogen-bond donors (Lipinski definition) is 1. The van der Waals surface area contributed by atoms with Gasteiger partial charge in [0.05, 0.1) is 11.0 Å². The number of rotatable bonds is 2. The van der Waals surface area contributed by atoms with Crippen molar-refractivity contribution in [2.75, 3.05) is 0 Å². The van der Waals surface area contributed by atoms with Crippen molar-refractivity contribution < 1.29 is 5.11 Å². The maximum Gasteiger partial charge on any atom is 0.141 e. The number of aromatic hydroxyl groups is 1. The molecule has 3 nitrogen and oxygen atoms in total. The Kier molecular flexibility index (Phi) is 3.56. The topological polar surface area (TPSA) is 38.1 Å². The largest absolute Gasteiger partial charge is 0.508 e. The lowest BCUT2D eigenvalue weighted by Gasteiger charge is -2.25. The van der Waals surface area contributed by atoms with E-state index >= 15 is 0 Å². The van der Waals surface area contributed by atoms with Crippen LogP contribution in [0.25, 0.3) is 22.4 Å². The van der Waals surface area contributed by atoms with Crippen LogP contribution in [-0.4, -0.2) is 14.7 Å². The highest BCUT2D eigenvalue weighted by molar-refractivity contribution is 5.82. The molecule has 1 aromatic heterocycles. The van der Waals surface area contributed by atoms with Crippen LogP contribution >= 0.6 is 0 Å². The first-order chi connectivity index (χ1) is 11.2. The Hall–Kier alpha value is -2.29. The van der Waals surface area contributed by atoms with Gasteiger partial charge in [0.15, 0.2) is 0 Å². The molecule has 1 heterocycles. The lowest BCUT2D eigenvalue weighted by Crippen LogP contribution is -2.13. The predicted octanol–water partition coefficient (Wildman–Crippen LogP) is 5.22. The Bertz CT molecular complexity index is 827. The van der Waals surface area contributed by atoms with Gasteiger partial charge in [-0.2, -0.15) is 0 Å². The second-order valence-corrected chi connectivity index (χ2v) is 6.64. The van der Waals surface area contributed by atoms with Crippen molar-refractivity contribution in [2.24, 2.45) is 0 Å². The van der Waals surface area contributed by atoms with Gasteiger partial charge in [-0.3, -0.25) is 0 Å². The van der Waals surface area contributed by atoms with Crippen LogP contribution < -0.4 is 0 Å². The van der Waals surface area contributed by atoms with E-state index in [1.54, 1.807) is 6.07 Å². The van der Waals surface area contributed by atoms with Crippen LogP contribution in [0.4, 0.5) is 0 Å². The molecule has 3 aromatic rings. The van der Waals surface area contributed by atoms with Gasteiger partial charge >= 0.3 is 0 Å². The SMILES string of the molecule is Cc1ccc(-c2nc3ccc(O)cc3n2C2CCCCC2)cc1. The molecule has 0 radical (unpaired) electrons. The molecule has 0 spiro atoms. The van der Waals surface area contributed by atoms with E-state index in [0.717, 1.165) is 22.4 Å². The van der Waals surface area contributed by atoms with E-state index in [1.165, 1.54) is 37.7 Å². The Morgan fingerprint density at radius 1 is 1.00 bits per heavy atom. The molecule has 0 atom stereocenters. The van der Waals surface area contributed by atoms with Gasteiger partial charge in [0, 0.05) is 17.7 Å². The number of benzene rings is 2. The number of nitrogens with zero attached hydrogens (tertiary/aromatic N) is 2. The van der Waals surface area contributed by atoms with Gasteiger partial charge in [0.2, 0.25) is 0 Å². The van der Waals surface area contributed by atoms with E-state index in [1.807, 2.05) is 12.1 Å². The van der Waals surface area contributed by atoms with E-state index in [-0.39, 0.29) is 0 Å². The molecule has 1 aliphatic carbocycles. The summed E-state index contributed by atoms with van der Waals surface area (Å²) in [6.45, 7) is 2.10. The molecule has 4 rings (SSSR count). The Balaban J connectivity index is 1.93. The maximum absolute atomic E-state index is 9.93. The fourth-order valence-corrected chi connectivity index (χ4v) is 3.70. The van der Waals surface area contributed by atoms with Gasteiger partial charge in [-0.25, -0.2) is 4.98 Å². The highest BCUT2D eigenvalue weighted by Gasteiger charge is 2.22. The van der Waals surface area contributed by atoms with Crippen LogP contribution in [0.5, 0.6) is 5.75 Å². The Labute approximate surface area is 136 Å². The zero-order valence-corrected chi connectivity index (χ0v) is 13.5. The molecule has 0 aliphatic heterocycles. The highest BCUT2D eigenvalue weighted by Crippen LogP contribution is 2.36. The number of aryl methyl sites for hydroxylation is 1. The molecule has 2 aromatic carbocycles. The fourth-order valence-electron chi connectivity index (χ4n) is 3.70. The summed E-state index contributed by atoms with van der Waals surface area (Å²) < 4.78 is 2.36. The number of fused-ring (bicyclic) bond motifs is 1. The molecule has 3 heteroatoms. The van der Waals surface area contributed by atoms with Gasteiger partial charge in [-0.1, -0.05) is 49.1 Å². The van der Waals surface area contributed by atoms with Crippen LogP contribution in [-0.2, 0) is 0 Å². The van der Waals surface area contributed by atoms with E-state index < -0.39 is 0 Å². The van der Waals surface area contributed by atoms with Crippen LogP contribution in [0, 0.1) is 6.92 Å². The minimum absolute atomic E-state index is 0.310. The third kappa shape index (κ3) is 2.61. The van der Waals surface area contributed by atoms with Crippen molar-refractivity contribution in [2.45, 2.75) is 45.1 Å². The predicted molar refractivity (Wildman–Crippen MR) is 93.7 cm³/mol. The van der Waals surface area contributed by atoms with Crippen molar-refractivity contribution in [3.05, 3.63) is 48.0 Å². The molecule has 1 saturated carbocycles. The average Bonchev–Trinajstić information content (AvgIpc) is 2.95. The molecule has 1 fully saturated rings. The second kappa shape index (κ2) is 5.73. The van der Waals surface area contributed by atoms with Gasteiger partial charge in [-0.15, -0.1) is 0 Å². The molecular weight excluding hydrogens is 284 g/mol. The molecule has 1 N–H and O–H groups in total. The van der Waals surface area contributed by atoms with Crippen LogP contribution in [0.15, 0.2) is 42.5 Å². The number of phenolic OH excluding ortho intramolecular Hbond substituents is 1. The Morgan fingerprint density at radius 3 is 2.48 bits per heavy atom. The quantitative estimate of drug-likeness (QED) is 0.704. The lowest BCUT2D eigenvalue weighted by molar-refractivity contribution is 0.362. The second-order valence-electron chi connectivity index (χ2n) is 6.64. The first-order valence-corrected chi connectivity index (χ1v) is 8.50.